The molecule has 0 radical (unpaired) electrons. The number of ether oxygens (including phenoxy) is 1. The van der Waals surface area contributed by atoms with E-state index in [0.29, 0.717) is 19.6 Å². The molecule has 6 nitrogen and oxygen atoms in total. The van der Waals surface area contributed by atoms with E-state index >= 15 is 0 Å². The number of amides is 1. The zero-order valence-electron chi connectivity index (χ0n) is 16.1. The Balaban J connectivity index is 1.88. The highest BCUT2D eigenvalue weighted by molar-refractivity contribution is 7.88. The van der Waals surface area contributed by atoms with Crippen molar-refractivity contribution in [1.29, 1.82) is 0 Å². The van der Waals surface area contributed by atoms with Gasteiger partial charge in [0.25, 0.3) is 0 Å². The van der Waals surface area contributed by atoms with Gasteiger partial charge in [-0.1, -0.05) is 24.3 Å². The molecule has 1 aliphatic heterocycles. The predicted molar refractivity (Wildman–Crippen MR) is 102 cm³/mol. The predicted octanol–water partition coefficient (Wildman–Crippen LogP) is 3.06. The van der Waals surface area contributed by atoms with E-state index in [9.17, 15) is 13.2 Å². The van der Waals surface area contributed by atoms with Crippen LogP contribution >= 0.6 is 0 Å². The van der Waals surface area contributed by atoms with Crippen molar-refractivity contribution in [2.24, 2.45) is 5.92 Å². The number of hydrogen-bond acceptors (Lipinski definition) is 4. The topological polar surface area (TPSA) is 75.7 Å². The molecule has 2 rings (SSSR count). The number of nitrogens with zero attached hydrogens (tertiary/aromatic N) is 1. The third kappa shape index (κ3) is 6.61. The van der Waals surface area contributed by atoms with E-state index in [1.54, 1.807) is 4.90 Å². The van der Waals surface area contributed by atoms with E-state index in [1.165, 1.54) is 0 Å². The van der Waals surface area contributed by atoms with E-state index in [-0.39, 0.29) is 17.8 Å². The number of piperidine rings is 1. The Morgan fingerprint density at radius 3 is 2.65 bits per heavy atom. The van der Waals surface area contributed by atoms with E-state index in [4.69, 9.17) is 4.74 Å². The number of nitrogens with one attached hydrogen (secondary N) is 1. The summed E-state index contributed by atoms with van der Waals surface area (Å²) in [6.07, 6.45) is 1.42. The molecule has 1 N–H and O–H groups in total. The molecule has 146 valence electrons. The molecule has 0 saturated carbocycles. The summed E-state index contributed by atoms with van der Waals surface area (Å²) < 4.78 is 32.9. The molecular weight excluding hydrogens is 352 g/mol. The van der Waals surface area contributed by atoms with Crippen LogP contribution in [0.1, 0.15) is 44.7 Å². The number of sulfonamides is 1. The van der Waals surface area contributed by atoms with Crippen molar-refractivity contribution >= 4 is 16.1 Å². The van der Waals surface area contributed by atoms with Crippen LogP contribution in [0.5, 0.6) is 0 Å². The molecule has 1 aliphatic rings. The average molecular weight is 383 g/mol. The molecular formula is C19H30N2O4S. The van der Waals surface area contributed by atoms with E-state index in [0.717, 1.165) is 24.0 Å². The molecule has 1 saturated heterocycles. The molecule has 1 aromatic carbocycles. The van der Waals surface area contributed by atoms with Gasteiger partial charge >= 0.3 is 6.09 Å². The highest BCUT2D eigenvalue weighted by atomic mass is 32.2. The molecule has 1 heterocycles. The molecule has 0 aromatic heterocycles. The Kier molecular flexibility index (Phi) is 6.69. The summed E-state index contributed by atoms with van der Waals surface area (Å²) in [6, 6.07) is 7.48. The second-order valence-electron chi connectivity index (χ2n) is 7.97. The fraction of sp³-hybridized carbons (Fsp3) is 0.632. The molecule has 1 amide bonds. The SMILES string of the molecule is Cc1ccccc1CS(=O)(=O)NC[C@@H]1CCCN(C(=O)OC(C)(C)C)C1. The van der Waals surface area contributed by atoms with Gasteiger partial charge < -0.3 is 9.64 Å². The second kappa shape index (κ2) is 8.39. The van der Waals surface area contributed by atoms with Crippen molar-refractivity contribution in [1.82, 2.24) is 9.62 Å². The van der Waals surface area contributed by atoms with E-state index in [2.05, 4.69) is 4.72 Å². The van der Waals surface area contributed by atoms with Crippen molar-refractivity contribution in [3.8, 4) is 0 Å². The Morgan fingerprint density at radius 1 is 1.31 bits per heavy atom. The number of benzene rings is 1. The summed E-state index contributed by atoms with van der Waals surface area (Å²) in [6.45, 7) is 8.94. The number of rotatable bonds is 5. The van der Waals surface area contributed by atoms with Gasteiger partial charge in [-0.3, -0.25) is 0 Å². The van der Waals surface area contributed by atoms with Crippen LogP contribution in [0, 0.1) is 12.8 Å². The summed E-state index contributed by atoms with van der Waals surface area (Å²) >= 11 is 0. The Bertz CT molecular complexity index is 725. The van der Waals surface area contributed by atoms with E-state index in [1.807, 2.05) is 52.0 Å². The zero-order valence-corrected chi connectivity index (χ0v) is 16.9. The first-order chi connectivity index (χ1) is 12.1. The van der Waals surface area contributed by atoms with Crippen molar-refractivity contribution < 1.29 is 17.9 Å². The zero-order chi connectivity index (χ0) is 19.4. The van der Waals surface area contributed by atoms with Crippen LogP contribution in [0.25, 0.3) is 0 Å². The Hall–Kier alpha value is -1.60. The van der Waals surface area contributed by atoms with Crippen molar-refractivity contribution in [3.05, 3.63) is 35.4 Å². The Labute approximate surface area is 157 Å². The first-order valence-corrected chi connectivity index (χ1v) is 10.7. The quantitative estimate of drug-likeness (QED) is 0.849. The van der Waals surface area contributed by atoms with Gasteiger partial charge in [-0.2, -0.15) is 0 Å². The Morgan fingerprint density at radius 2 is 2.00 bits per heavy atom. The average Bonchev–Trinajstić information content (AvgIpc) is 2.54. The third-order valence-corrected chi connectivity index (χ3v) is 5.67. The lowest BCUT2D eigenvalue weighted by atomic mass is 9.99. The fourth-order valence-electron chi connectivity index (χ4n) is 3.00. The highest BCUT2D eigenvalue weighted by Gasteiger charge is 2.28. The van der Waals surface area contributed by atoms with Crippen molar-refractivity contribution in [2.75, 3.05) is 19.6 Å². The minimum Gasteiger partial charge on any atom is -0.444 e. The molecule has 1 atom stereocenters. The molecule has 0 aliphatic carbocycles. The molecule has 0 bridgehead atoms. The van der Waals surface area contributed by atoms with Crippen molar-refractivity contribution in [2.45, 2.75) is 51.9 Å². The molecule has 1 fully saturated rings. The molecule has 7 heteroatoms. The van der Waals surface area contributed by atoms with Gasteiger partial charge in [0.2, 0.25) is 10.0 Å². The minimum absolute atomic E-state index is 0.0256. The maximum Gasteiger partial charge on any atom is 0.410 e. The maximum absolute atomic E-state index is 12.4. The van der Waals surface area contributed by atoms with Crippen LogP contribution < -0.4 is 4.72 Å². The lowest BCUT2D eigenvalue weighted by molar-refractivity contribution is 0.0169. The second-order valence-corrected chi connectivity index (χ2v) is 9.78. The molecule has 1 aromatic rings. The first kappa shape index (κ1) is 20.7. The third-order valence-electron chi connectivity index (χ3n) is 4.37. The van der Waals surface area contributed by atoms with Crippen LogP contribution in [0.15, 0.2) is 24.3 Å². The summed E-state index contributed by atoms with van der Waals surface area (Å²) in [7, 11) is -3.41. The van der Waals surface area contributed by atoms with Crippen LogP contribution in [0.2, 0.25) is 0 Å². The number of likely N-dealkylation sites (tertiary alicyclic amines) is 1. The first-order valence-electron chi connectivity index (χ1n) is 9.05. The summed E-state index contributed by atoms with van der Waals surface area (Å²) in [4.78, 5) is 13.9. The van der Waals surface area contributed by atoms with E-state index < -0.39 is 15.6 Å². The number of carbonyl (C=O) groups is 1. The van der Waals surface area contributed by atoms with Gasteiger partial charge in [0.05, 0.1) is 5.75 Å². The highest BCUT2D eigenvalue weighted by Crippen LogP contribution is 2.19. The summed E-state index contributed by atoms with van der Waals surface area (Å²) in [5.41, 5.74) is 1.24. The van der Waals surface area contributed by atoms with Crippen LogP contribution in [-0.4, -0.2) is 44.6 Å². The number of aryl methyl sites for hydroxylation is 1. The normalized spacial score (nSPS) is 18.6. The monoisotopic (exact) mass is 382 g/mol. The number of carbonyl (C=O) groups excluding carboxylic acids is 1. The van der Waals surface area contributed by atoms with Crippen LogP contribution in [-0.2, 0) is 20.5 Å². The lowest BCUT2D eigenvalue weighted by Crippen LogP contribution is -2.45. The van der Waals surface area contributed by atoms with Gasteiger partial charge in [0.15, 0.2) is 0 Å². The van der Waals surface area contributed by atoms with Gasteiger partial charge in [0, 0.05) is 19.6 Å². The maximum atomic E-state index is 12.4. The minimum atomic E-state index is -3.41. The molecule has 26 heavy (non-hydrogen) atoms. The van der Waals surface area contributed by atoms with Gasteiger partial charge in [-0.15, -0.1) is 0 Å². The van der Waals surface area contributed by atoms with Crippen molar-refractivity contribution in [3.63, 3.8) is 0 Å². The smallest absolute Gasteiger partial charge is 0.410 e. The molecule has 0 spiro atoms. The lowest BCUT2D eigenvalue weighted by Gasteiger charge is -2.34. The fourth-order valence-corrected chi connectivity index (χ4v) is 4.32. The number of hydrogen-bond donors (Lipinski definition) is 1. The van der Waals surface area contributed by atoms with Gasteiger partial charge in [-0.25, -0.2) is 17.9 Å². The largest absolute Gasteiger partial charge is 0.444 e. The summed E-state index contributed by atoms with van der Waals surface area (Å²) in [5, 5.41) is 0. The molecule has 0 unspecified atom stereocenters. The van der Waals surface area contributed by atoms with Crippen LogP contribution in [0.4, 0.5) is 4.79 Å². The standard InChI is InChI=1S/C19H30N2O4S/c1-15-8-5-6-10-17(15)14-26(23,24)20-12-16-9-7-11-21(13-16)18(22)25-19(2,3)4/h5-6,8,10,16,20H,7,9,11-14H2,1-4H3/t16-/m0/s1. The summed E-state index contributed by atoms with van der Waals surface area (Å²) in [5.74, 6) is 0.0743. The van der Waals surface area contributed by atoms with Gasteiger partial charge in [0.1, 0.15) is 5.60 Å². The van der Waals surface area contributed by atoms with Crippen LogP contribution in [0.3, 0.4) is 0 Å². The van der Waals surface area contributed by atoms with Gasteiger partial charge in [-0.05, 0) is 57.6 Å².